The number of nitrogens with zero attached hydrogens (tertiary/aromatic N) is 2. The van der Waals surface area contributed by atoms with E-state index in [0.29, 0.717) is 0 Å². The van der Waals surface area contributed by atoms with Crippen LogP contribution in [-0.4, -0.2) is 28.2 Å². The van der Waals surface area contributed by atoms with Gasteiger partial charge < -0.3 is 4.74 Å². The van der Waals surface area contributed by atoms with Crippen LogP contribution in [0.5, 0.6) is 5.75 Å². The predicted molar refractivity (Wildman–Crippen MR) is 79.3 cm³/mol. The highest BCUT2D eigenvalue weighted by Crippen LogP contribution is 2.26. The molecular weight excluding hydrogens is 310 g/mol. The van der Waals surface area contributed by atoms with Crippen molar-refractivity contribution in [2.24, 2.45) is 0 Å². The van der Waals surface area contributed by atoms with E-state index in [1.165, 1.54) is 13.0 Å². The van der Waals surface area contributed by atoms with Crippen LogP contribution >= 0.6 is 11.3 Å². The average Bonchev–Trinajstić information content (AvgIpc) is 2.94. The number of nitrogens with one attached hydrogen (secondary N) is 1. The molecule has 0 spiro atoms. The SMILES string of the molecule is CC(=O)COc1ccccc1C(=O)Nc1ncc([N+](=O)[O-])s1. The Morgan fingerprint density at radius 3 is 2.77 bits per heavy atom. The lowest BCUT2D eigenvalue weighted by Crippen LogP contribution is -2.15. The van der Waals surface area contributed by atoms with E-state index in [4.69, 9.17) is 4.74 Å². The van der Waals surface area contributed by atoms with E-state index in [0.717, 1.165) is 17.5 Å². The Labute approximate surface area is 128 Å². The lowest BCUT2D eigenvalue weighted by Gasteiger charge is -2.09. The summed E-state index contributed by atoms with van der Waals surface area (Å²) in [7, 11) is 0. The van der Waals surface area contributed by atoms with Crippen molar-refractivity contribution < 1.29 is 19.2 Å². The van der Waals surface area contributed by atoms with Crippen molar-refractivity contribution in [2.75, 3.05) is 11.9 Å². The van der Waals surface area contributed by atoms with Crippen LogP contribution in [0.3, 0.4) is 0 Å². The van der Waals surface area contributed by atoms with Gasteiger partial charge in [-0.05, 0) is 30.4 Å². The third-order valence-corrected chi connectivity index (χ3v) is 3.32. The van der Waals surface area contributed by atoms with Crippen molar-refractivity contribution in [1.82, 2.24) is 4.98 Å². The number of nitro groups is 1. The van der Waals surface area contributed by atoms with Gasteiger partial charge in [0, 0.05) is 0 Å². The summed E-state index contributed by atoms with van der Waals surface area (Å²) < 4.78 is 5.27. The number of benzene rings is 1. The maximum atomic E-state index is 12.2. The zero-order valence-corrected chi connectivity index (χ0v) is 12.3. The molecule has 2 rings (SSSR count). The summed E-state index contributed by atoms with van der Waals surface area (Å²) in [6.45, 7) is 1.23. The molecule has 1 heterocycles. The lowest BCUT2D eigenvalue weighted by molar-refractivity contribution is -0.380. The van der Waals surface area contributed by atoms with E-state index in [1.807, 2.05) is 0 Å². The first-order chi connectivity index (χ1) is 10.5. The first-order valence-electron chi connectivity index (χ1n) is 6.10. The molecule has 0 atom stereocenters. The molecule has 0 aliphatic carbocycles. The molecule has 114 valence electrons. The second-order valence-electron chi connectivity index (χ2n) is 4.20. The minimum absolute atomic E-state index is 0.109. The molecule has 9 heteroatoms. The van der Waals surface area contributed by atoms with Gasteiger partial charge in [-0.2, -0.15) is 0 Å². The highest BCUT2D eigenvalue weighted by molar-refractivity contribution is 7.18. The van der Waals surface area contributed by atoms with E-state index in [2.05, 4.69) is 10.3 Å². The molecule has 0 unspecified atom stereocenters. The summed E-state index contributed by atoms with van der Waals surface area (Å²) in [5.41, 5.74) is 0.210. The molecule has 0 aliphatic heterocycles. The zero-order chi connectivity index (χ0) is 16.1. The highest BCUT2D eigenvalue weighted by atomic mass is 32.1. The van der Waals surface area contributed by atoms with Gasteiger partial charge in [-0.25, -0.2) is 4.98 Å². The molecule has 0 aliphatic rings. The molecule has 1 aromatic carbocycles. The molecule has 1 aromatic heterocycles. The van der Waals surface area contributed by atoms with Gasteiger partial charge in [0.05, 0.1) is 10.5 Å². The van der Waals surface area contributed by atoms with Gasteiger partial charge in [0.2, 0.25) is 0 Å². The summed E-state index contributed by atoms with van der Waals surface area (Å²) >= 11 is 0.751. The molecule has 1 amide bonds. The number of hydrogen-bond donors (Lipinski definition) is 1. The molecule has 0 radical (unpaired) electrons. The van der Waals surface area contributed by atoms with Crippen molar-refractivity contribution in [3.8, 4) is 5.75 Å². The third-order valence-electron chi connectivity index (χ3n) is 2.46. The smallest absolute Gasteiger partial charge is 0.345 e. The molecule has 22 heavy (non-hydrogen) atoms. The summed E-state index contributed by atoms with van der Waals surface area (Å²) in [4.78, 5) is 36.9. The fourth-order valence-corrected chi connectivity index (χ4v) is 2.16. The topological polar surface area (TPSA) is 111 Å². The standard InChI is InChI=1S/C13H11N3O5S/c1-8(17)7-21-10-5-3-2-4-9(10)12(18)15-13-14-6-11(22-13)16(19)20/h2-6H,7H2,1H3,(H,14,15,18). The molecule has 0 saturated heterocycles. The highest BCUT2D eigenvalue weighted by Gasteiger charge is 2.17. The second-order valence-corrected chi connectivity index (χ2v) is 5.21. The van der Waals surface area contributed by atoms with Gasteiger partial charge in [0.1, 0.15) is 18.6 Å². The Morgan fingerprint density at radius 1 is 1.41 bits per heavy atom. The molecule has 0 fully saturated rings. The fourth-order valence-electron chi connectivity index (χ4n) is 1.53. The summed E-state index contributed by atoms with van der Waals surface area (Å²) in [6.07, 6.45) is 1.07. The average molecular weight is 321 g/mol. The number of anilines is 1. The maximum Gasteiger partial charge on any atom is 0.345 e. The van der Waals surface area contributed by atoms with Crippen LogP contribution in [0.1, 0.15) is 17.3 Å². The van der Waals surface area contributed by atoms with Crippen molar-refractivity contribution in [1.29, 1.82) is 0 Å². The first-order valence-corrected chi connectivity index (χ1v) is 6.92. The number of ketones is 1. The summed E-state index contributed by atoms with van der Waals surface area (Å²) in [5.74, 6) is -0.449. The number of aromatic nitrogens is 1. The predicted octanol–water partition coefficient (Wildman–Crippen LogP) is 2.27. The van der Waals surface area contributed by atoms with Crippen molar-refractivity contribution in [3.63, 3.8) is 0 Å². The van der Waals surface area contributed by atoms with E-state index >= 15 is 0 Å². The number of carbonyl (C=O) groups is 2. The number of para-hydroxylation sites is 1. The molecule has 8 nitrogen and oxygen atoms in total. The van der Waals surface area contributed by atoms with Gasteiger partial charge in [0.15, 0.2) is 10.9 Å². The maximum absolute atomic E-state index is 12.2. The molecular formula is C13H11N3O5S. The van der Waals surface area contributed by atoms with Gasteiger partial charge in [0.25, 0.3) is 5.91 Å². The Hall–Kier alpha value is -2.81. The van der Waals surface area contributed by atoms with Crippen LogP contribution in [0, 0.1) is 10.1 Å². The first kappa shape index (κ1) is 15.6. The minimum atomic E-state index is -0.586. The van der Waals surface area contributed by atoms with E-state index < -0.39 is 10.8 Å². The quantitative estimate of drug-likeness (QED) is 0.645. The van der Waals surface area contributed by atoms with Crippen LogP contribution in [0.4, 0.5) is 10.1 Å². The Bertz CT molecular complexity index is 728. The van der Waals surface area contributed by atoms with Crippen molar-refractivity contribution in [3.05, 3.63) is 46.1 Å². The van der Waals surface area contributed by atoms with Crippen LogP contribution in [0.15, 0.2) is 30.5 Å². The number of amides is 1. The van der Waals surface area contributed by atoms with E-state index in [9.17, 15) is 19.7 Å². The number of Topliss-reactive ketones (excluding diaryl/α,β-unsaturated/α-hetero) is 1. The minimum Gasteiger partial charge on any atom is -0.485 e. The Balaban J connectivity index is 2.14. The monoisotopic (exact) mass is 321 g/mol. The number of rotatable bonds is 6. The summed E-state index contributed by atoms with van der Waals surface area (Å²) in [5, 5.41) is 13.0. The summed E-state index contributed by atoms with van der Waals surface area (Å²) in [6, 6.07) is 6.38. The second kappa shape index (κ2) is 6.76. The number of ether oxygens (including phenoxy) is 1. The zero-order valence-electron chi connectivity index (χ0n) is 11.4. The van der Waals surface area contributed by atoms with E-state index in [-0.39, 0.29) is 33.8 Å². The normalized spacial score (nSPS) is 10.0. The Kier molecular flexibility index (Phi) is 4.79. The molecule has 1 N–H and O–H groups in total. The lowest BCUT2D eigenvalue weighted by atomic mass is 10.2. The van der Waals surface area contributed by atoms with Crippen LogP contribution in [0.25, 0.3) is 0 Å². The van der Waals surface area contributed by atoms with Gasteiger partial charge in [-0.15, -0.1) is 0 Å². The van der Waals surface area contributed by atoms with E-state index in [1.54, 1.807) is 18.2 Å². The van der Waals surface area contributed by atoms with Gasteiger partial charge in [-0.3, -0.25) is 25.0 Å². The van der Waals surface area contributed by atoms with Crippen molar-refractivity contribution in [2.45, 2.75) is 6.92 Å². The third kappa shape index (κ3) is 3.85. The Morgan fingerprint density at radius 2 is 2.14 bits per heavy atom. The van der Waals surface area contributed by atoms with Crippen molar-refractivity contribution >= 4 is 33.2 Å². The van der Waals surface area contributed by atoms with Crippen LogP contribution < -0.4 is 10.1 Å². The number of hydrogen-bond acceptors (Lipinski definition) is 7. The van der Waals surface area contributed by atoms with Gasteiger partial charge >= 0.3 is 5.00 Å². The van der Waals surface area contributed by atoms with Crippen LogP contribution in [-0.2, 0) is 4.79 Å². The number of carbonyl (C=O) groups excluding carboxylic acids is 2. The molecule has 2 aromatic rings. The largest absolute Gasteiger partial charge is 0.485 e. The molecule has 0 bridgehead atoms. The number of thiazole rings is 1. The van der Waals surface area contributed by atoms with Crippen LogP contribution in [0.2, 0.25) is 0 Å². The van der Waals surface area contributed by atoms with Gasteiger partial charge in [-0.1, -0.05) is 12.1 Å². The molecule has 0 saturated carbocycles. The fraction of sp³-hybridized carbons (Fsp3) is 0.154.